The molecule has 2 rings (SSSR count). The Morgan fingerprint density at radius 2 is 2.47 bits per heavy atom. The van der Waals surface area contributed by atoms with Crippen molar-refractivity contribution in [3.63, 3.8) is 0 Å². The second-order valence-electron chi connectivity index (χ2n) is 4.46. The highest BCUT2D eigenvalue weighted by molar-refractivity contribution is 7.99. The van der Waals surface area contributed by atoms with Crippen molar-refractivity contribution in [2.24, 2.45) is 0 Å². The van der Waals surface area contributed by atoms with Crippen LogP contribution in [-0.4, -0.2) is 52.9 Å². The summed E-state index contributed by atoms with van der Waals surface area (Å²) in [6.45, 7) is 4.25. The van der Waals surface area contributed by atoms with E-state index in [0.717, 1.165) is 6.54 Å². The molecule has 2 unspecified atom stereocenters. The largest absolute Gasteiger partial charge is 0.310 e. The lowest BCUT2D eigenvalue weighted by Gasteiger charge is -2.37. The van der Waals surface area contributed by atoms with Crippen molar-refractivity contribution in [2.45, 2.75) is 25.6 Å². The molecule has 0 saturated carbocycles. The standard InChI is InChI=1S/C12H22N4S/c1-4-16-10(5-6-14-16)12(13-2)11-9-17-8-7-15(11)3/h5-6,11-13H,4,7-9H2,1-3H3. The summed E-state index contributed by atoms with van der Waals surface area (Å²) in [4.78, 5) is 2.46. The van der Waals surface area contributed by atoms with Gasteiger partial charge in [0.05, 0.1) is 11.7 Å². The van der Waals surface area contributed by atoms with Crippen molar-refractivity contribution in [3.05, 3.63) is 18.0 Å². The van der Waals surface area contributed by atoms with Crippen molar-refractivity contribution in [1.29, 1.82) is 0 Å². The van der Waals surface area contributed by atoms with Gasteiger partial charge in [0.15, 0.2) is 0 Å². The van der Waals surface area contributed by atoms with Gasteiger partial charge in [0.2, 0.25) is 0 Å². The van der Waals surface area contributed by atoms with Crippen LogP contribution in [0.15, 0.2) is 12.3 Å². The van der Waals surface area contributed by atoms with Crippen molar-refractivity contribution in [1.82, 2.24) is 20.0 Å². The van der Waals surface area contributed by atoms with Gasteiger partial charge >= 0.3 is 0 Å². The smallest absolute Gasteiger partial charge is 0.0655 e. The zero-order valence-corrected chi connectivity index (χ0v) is 11.7. The summed E-state index contributed by atoms with van der Waals surface area (Å²) in [7, 11) is 4.27. The van der Waals surface area contributed by atoms with E-state index in [4.69, 9.17) is 0 Å². The number of hydrogen-bond donors (Lipinski definition) is 1. The number of nitrogens with zero attached hydrogens (tertiary/aromatic N) is 3. The van der Waals surface area contributed by atoms with E-state index in [1.54, 1.807) is 0 Å². The van der Waals surface area contributed by atoms with E-state index in [1.165, 1.54) is 23.7 Å². The summed E-state index contributed by atoms with van der Waals surface area (Å²) in [6, 6.07) is 3.06. The maximum atomic E-state index is 4.37. The zero-order chi connectivity index (χ0) is 12.3. The third-order valence-electron chi connectivity index (χ3n) is 3.51. The second-order valence-corrected chi connectivity index (χ2v) is 5.61. The molecule has 1 N–H and O–H groups in total. The number of aryl methyl sites for hydroxylation is 1. The van der Waals surface area contributed by atoms with Crippen LogP contribution in [0.4, 0.5) is 0 Å². The maximum Gasteiger partial charge on any atom is 0.0655 e. The molecular formula is C12H22N4S. The normalized spacial score (nSPS) is 23.8. The van der Waals surface area contributed by atoms with E-state index < -0.39 is 0 Å². The third kappa shape index (κ3) is 2.67. The van der Waals surface area contributed by atoms with Gasteiger partial charge < -0.3 is 5.32 Å². The Bertz CT molecular complexity index is 352. The van der Waals surface area contributed by atoms with Gasteiger partial charge in [-0.2, -0.15) is 16.9 Å². The lowest BCUT2D eigenvalue weighted by molar-refractivity contribution is 0.215. The topological polar surface area (TPSA) is 33.1 Å². The molecule has 4 nitrogen and oxygen atoms in total. The Morgan fingerprint density at radius 3 is 3.12 bits per heavy atom. The molecule has 0 aromatic carbocycles. The molecule has 1 aliphatic rings. The highest BCUT2D eigenvalue weighted by Gasteiger charge is 2.29. The molecule has 1 fully saturated rings. The van der Waals surface area contributed by atoms with Crippen LogP contribution in [0.3, 0.4) is 0 Å². The van der Waals surface area contributed by atoms with Gasteiger partial charge in [-0.3, -0.25) is 9.58 Å². The quantitative estimate of drug-likeness (QED) is 0.875. The van der Waals surface area contributed by atoms with Crippen LogP contribution in [0.2, 0.25) is 0 Å². The van der Waals surface area contributed by atoms with Crippen LogP contribution in [0.1, 0.15) is 18.7 Å². The van der Waals surface area contributed by atoms with Crippen LogP contribution in [0.5, 0.6) is 0 Å². The fourth-order valence-corrected chi connectivity index (χ4v) is 3.74. The first-order chi connectivity index (χ1) is 8.27. The molecular weight excluding hydrogens is 232 g/mol. The minimum Gasteiger partial charge on any atom is -0.310 e. The summed E-state index contributed by atoms with van der Waals surface area (Å²) < 4.78 is 2.09. The first-order valence-electron chi connectivity index (χ1n) is 6.25. The van der Waals surface area contributed by atoms with Crippen LogP contribution >= 0.6 is 11.8 Å². The molecule has 1 aromatic rings. The van der Waals surface area contributed by atoms with E-state index in [2.05, 4.69) is 40.0 Å². The number of rotatable bonds is 4. The average Bonchev–Trinajstić information content (AvgIpc) is 2.81. The molecule has 1 aliphatic heterocycles. The Morgan fingerprint density at radius 1 is 1.65 bits per heavy atom. The van der Waals surface area contributed by atoms with Crippen LogP contribution < -0.4 is 5.32 Å². The van der Waals surface area contributed by atoms with Gasteiger partial charge in [0, 0.05) is 36.8 Å². The highest BCUT2D eigenvalue weighted by Crippen LogP contribution is 2.26. The van der Waals surface area contributed by atoms with E-state index in [9.17, 15) is 0 Å². The molecule has 0 radical (unpaired) electrons. The lowest BCUT2D eigenvalue weighted by Crippen LogP contribution is -2.47. The van der Waals surface area contributed by atoms with E-state index >= 15 is 0 Å². The number of hydrogen-bond acceptors (Lipinski definition) is 4. The van der Waals surface area contributed by atoms with Gasteiger partial charge in [-0.15, -0.1) is 0 Å². The average molecular weight is 254 g/mol. The molecule has 2 heterocycles. The number of aromatic nitrogens is 2. The third-order valence-corrected chi connectivity index (χ3v) is 4.55. The number of nitrogens with one attached hydrogen (secondary N) is 1. The summed E-state index contributed by atoms with van der Waals surface area (Å²) in [5, 5.41) is 7.84. The predicted octanol–water partition coefficient (Wildman–Crippen LogP) is 1.21. The lowest BCUT2D eigenvalue weighted by atomic mass is 10.0. The van der Waals surface area contributed by atoms with Crippen LogP contribution in [-0.2, 0) is 6.54 Å². The first kappa shape index (κ1) is 12.9. The summed E-state index contributed by atoms with van der Waals surface area (Å²) in [5.74, 6) is 2.44. The molecule has 2 atom stereocenters. The highest BCUT2D eigenvalue weighted by atomic mass is 32.2. The maximum absolute atomic E-state index is 4.37. The SMILES string of the molecule is CCn1nccc1C(NC)C1CSCCN1C. The van der Waals surface area contributed by atoms with E-state index in [0.29, 0.717) is 12.1 Å². The molecule has 0 aliphatic carbocycles. The summed E-state index contributed by atoms with van der Waals surface area (Å²) in [6.07, 6.45) is 1.90. The van der Waals surface area contributed by atoms with Crippen LogP contribution in [0, 0.1) is 0 Å². The Kier molecular flexibility index (Phi) is 4.48. The van der Waals surface area contributed by atoms with Gasteiger partial charge in [-0.05, 0) is 27.1 Å². The minimum atomic E-state index is 0.371. The molecule has 0 bridgehead atoms. The number of likely N-dealkylation sites (N-methyl/N-ethyl adjacent to an activating group) is 2. The van der Waals surface area contributed by atoms with Crippen molar-refractivity contribution in [2.75, 3.05) is 32.1 Å². The summed E-state index contributed by atoms with van der Waals surface area (Å²) in [5.41, 5.74) is 1.30. The van der Waals surface area contributed by atoms with Crippen molar-refractivity contribution < 1.29 is 0 Å². The summed E-state index contributed by atoms with van der Waals surface area (Å²) >= 11 is 2.05. The monoisotopic (exact) mass is 254 g/mol. The van der Waals surface area contributed by atoms with Crippen LogP contribution in [0.25, 0.3) is 0 Å². The van der Waals surface area contributed by atoms with Gasteiger partial charge in [0.1, 0.15) is 0 Å². The molecule has 1 aromatic heterocycles. The molecule has 1 saturated heterocycles. The molecule has 96 valence electrons. The number of thioether (sulfide) groups is 1. The van der Waals surface area contributed by atoms with Gasteiger partial charge in [0.25, 0.3) is 0 Å². The fraction of sp³-hybridized carbons (Fsp3) is 0.750. The Labute approximate surface area is 108 Å². The predicted molar refractivity (Wildman–Crippen MR) is 73.4 cm³/mol. The molecule has 17 heavy (non-hydrogen) atoms. The zero-order valence-electron chi connectivity index (χ0n) is 10.9. The van der Waals surface area contributed by atoms with Gasteiger partial charge in [-0.1, -0.05) is 0 Å². The second kappa shape index (κ2) is 5.89. The first-order valence-corrected chi connectivity index (χ1v) is 7.40. The molecule has 0 amide bonds. The van der Waals surface area contributed by atoms with E-state index in [-0.39, 0.29) is 0 Å². The van der Waals surface area contributed by atoms with Crippen molar-refractivity contribution in [3.8, 4) is 0 Å². The minimum absolute atomic E-state index is 0.371. The van der Waals surface area contributed by atoms with E-state index in [1.807, 2.05) is 25.0 Å². The van der Waals surface area contributed by atoms with Crippen molar-refractivity contribution >= 4 is 11.8 Å². The molecule has 5 heteroatoms. The Hall–Kier alpha value is -0.520. The van der Waals surface area contributed by atoms with Gasteiger partial charge in [-0.25, -0.2) is 0 Å². The molecule has 0 spiro atoms. The Balaban J connectivity index is 2.20. The fourth-order valence-electron chi connectivity index (χ4n) is 2.47.